The Morgan fingerprint density at radius 1 is 1.31 bits per heavy atom. The van der Waals surface area contributed by atoms with Gasteiger partial charge in [0.05, 0.1) is 31.3 Å². The third-order valence-electron chi connectivity index (χ3n) is 5.40. The number of fused-ring (bicyclic) bond motifs is 1. The van der Waals surface area contributed by atoms with Gasteiger partial charge >= 0.3 is 5.97 Å². The maximum Gasteiger partial charge on any atom is 0.310 e. The van der Waals surface area contributed by atoms with Gasteiger partial charge in [0.2, 0.25) is 0 Å². The molecule has 3 rings (SSSR count). The van der Waals surface area contributed by atoms with Crippen LogP contribution in [-0.4, -0.2) is 54.9 Å². The van der Waals surface area contributed by atoms with E-state index < -0.39 is 6.10 Å². The molecule has 0 radical (unpaired) electrons. The monoisotopic (exact) mass is 361 g/mol. The molecule has 1 N–H and O–H groups in total. The fourth-order valence-corrected chi connectivity index (χ4v) is 4.13. The fourth-order valence-electron chi connectivity index (χ4n) is 4.13. The highest BCUT2D eigenvalue weighted by atomic mass is 16.5. The molecular weight excluding hydrogens is 330 g/mol. The molecule has 1 aromatic carbocycles. The summed E-state index contributed by atoms with van der Waals surface area (Å²) in [5, 5.41) is 10.4. The molecule has 1 saturated heterocycles. The number of nitrogens with zero attached hydrogens (tertiary/aromatic N) is 1. The average molecular weight is 361 g/mol. The summed E-state index contributed by atoms with van der Waals surface area (Å²) in [5.41, 5.74) is 2.64. The Morgan fingerprint density at radius 2 is 2.15 bits per heavy atom. The highest BCUT2D eigenvalue weighted by molar-refractivity contribution is 5.72. The molecule has 1 aromatic rings. The van der Waals surface area contributed by atoms with E-state index in [1.54, 1.807) is 0 Å². The summed E-state index contributed by atoms with van der Waals surface area (Å²) in [6.45, 7) is 4.73. The number of benzene rings is 1. The van der Waals surface area contributed by atoms with Crippen molar-refractivity contribution in [2.24, 2.45) is 5.92 Å². The Bertz CT molecular complexity index is 591. The average Bonchev–Trinajstić information content (AvgIpc) is 2.67. The molecule has 2 aliphatic rings. The number of ether oxygens (including phenoxy) is 2. The molecule has 5 nitrogen and oxygen atoms in total. The zero-order valence-corrected chi connectivity index (χ0v) is 15.7. The number of aliphatic hydroxyl groups is 1. The summed E-state index contributed by atoms with van der Waals surface area (Å²) in [6.07, 6.45) is 4.65. The Morgan fingerprint density at radius 3 is 3.00 bits per heavy atom. The van der Waals surface area contributed by atoms with Crippen LogP contribution in [0.2, 0.25) is 0 Å². The summed E-state index contributed by atoms with van der Waals surface area (Å²) < 4.78 is 11.2. The molecule has 1 aliphatic heterocycles. The summed E-state index contributed by atoms with van der Waals surface area (Å²) >= 11 is 0. The van der Waals surface area contributed by atoms with Gasteiger partial charge in [-0.1, -0.05) is 24.3 Å². The second kappa shape index (κ2) is 9.49. The molecule has 0 amide bonds. The van der Waals surface area contributed by atoms with E-state index >= 15 is 0 Å². The maximum absolute atomic E-state index is 11.9. The summed E-state index contributed by atoms with van der Waals surface area (Å²) in [5.74, 6) is -0.177. The third-order valence-corrected chi connectivity index (χ3v) is 5.40. The second-order valence-electron chi connectivity index (χ2n) is 7.42. The fraction of sp³-hybridized carbons (Fsp3) is 0.667. The predicted octanol–water partition coefficient (Wildman–Crippen LogP) is 2.72. The van der Waals surface area contributed by atoms with Gasteiger partial charge in [-0.3, -0.25) is 9.69 Å². The van der Waals surface area contributed by atoms with E-state index in [0.717, 1.165) is 38.6 Å². The Labute approximate surface area is 156 Å². The van der Waals surface area contributed by atoms with Gasteiger partial charge in [0, 0.05) is 13.1 Å². The molecule has 5 heteroatoms. The van der Waals surface area contributed by atoms with Gasteiger partial charge in [-0.15, -0.1) is 0 Å². The molecule has 1 aliphatic carbocycles. The number of esters is 1. The topological polar surface area (TPSA) is 59.0 Å². The number of aryl methyl sites for hydroxylation is 1. The smallest absolute Gasteiger partial charge is 0.310 e. The van der Waals surface area contributed by atoms with Gasteiger partial charge < -0.3 is 14.6 Å². The molecule has 0 bridgehead atoms. The predicted molar refractivity (Wildman–Crippen MR) is 99.9 cm³/mol. The zero-order chi connectivity index (χ0) is 18.4. The molecular formula is C21H31NO4. The van der Waals surface area contributed by atoms with Crippen LogP contribution < -0.4 is 0 Å². The molecule has 26 heavy (non-hydrogen) atoms. The number of carbonyl (C=O) groups is 1. The van der Waals surface area contributed by atoms with Crippen LogP contribution in [0.25, 0.3) is 0 Å². The van der Waals surface area contributed by atoms with Crippen molar-refractivity contribution >= 4 is 5.97 Å². The SMILES string of the molecule is CCOC(=O)[C@@H]1CCCN(C[C@@H](O)CO[C@@H]2CCCc3ccccc32)C1. The summed E-state index contributed by atoms with van der Waals surface area (Å²) in [7, 11) is 0. The molecule has 3 atom stereocenters. The van der Waals surface area contributed by atoms with E-state index in [0.29, 0.717) is 26.3 Å². The first-order valence-electron chi connectivity index (χ1n) is 9.93. The van der Waals surface area contributed by atoms with Gasteiger partial charge in [-0.2, -0.15) is 0 Å². The number of aliphatic hydroxyl groups excluding tert-OH is 1. The van der Waals surface area contributed by atoms with Crippen molar-refractivity contribution in [3.8, 4) is 0 Å². The van der Waals surface area contributed by atoms with Crippen LogP contribution in [0.5, 0.6) is 0 Å². The molecule has 1 fully saturated rings. The van der Waals surface area contributed by atoms with Crippen molar-refractivity contribution in [3.05, 3.63) is 35.4 Å². The van der Waals surface area contributed by atoms with Crippen LogP contribution >= 0.6 is 0 Å². The van der Waals surface area contributed by atoms with Gasteiger partial charge in [0.1, 0.15) is 0 Å². The lowest BCUT2D eigenvalue weighted by atomic mass is 9.89. The first kappa shape index (κ1) is 19.3. The lowest BCUT2D eigenvalue weighted by Gasteiger charge is -2.33. The first-order valence-corrected chi connectivity index (χ1v) is 9.93. The lowest BCUT2D eigenvalue weighted by Crippen LogP contribution is -2.43. The molecule has 0 saturated carbocycles. The first-order chi connectivity index (χ1) is 12.7. The lowest BCUT2D eigenvalue weighted by molar-refractivity contribution is -0.150. The van der Waals surface area contributed by atoms with Crippen LogP contribution in [0.1, 0.15) is 49.8 Å². The Kier molecular flexibility index (Phi) is 7.06. The Hall–Kier alpha value is -1.43. The van der Waals surface area contributed by atoms with Crippen molar-refractivity contribution in [1.82, 2.24) is 4.90 Å². The van der Waals surface area contributed by atoms with Gasteiger partial charge in [-0.05, 0) is 56.7 Å². The zero-order valence-electron chi connectivity index (χ0n) is 15.7. The van der Waals surface area contributed by atoms with Crippen molar-refractivity contribution in [3.63, 3.8) is 0 Å². The third kappa shape index (κ3) is 5.06. The van der Waals surface area contributed by atoms with E-state index in [1.165, 1.54) is 11.1 Å². The van der Waals surface area contributed by atoms with Gasteiger partial charge in [0.15, 0.2) is 0 Å². The number of β-amino-alcohol motifs (C(OH)–C–C–N with tert-alkyl or cyclic N) is 1. The van der Waals surface area contributed by atoms with Gasteiger partial charge in [0.25, 0.3) is 0 Å². The number of hydrogen-bond donors (Lipinski definition) is 1. The Balaban J connectivity index is 1.46. The molecule has 0 aromatic heterocycles. The number of piperidine rings is 1. The van der Waals surface area contributed by atoms with Crippen molar-refractivity contribution in [2.45, 2.75) is 51.2 Å². The van der Waals surface area contributed by atoms with Crippen molar-refractivity contribution < 1.29 is 19.4 Å². The van der Waals surface area contributed by atoms with E-state index in [-0.39, 0.29) is 18.0 Å². The summed E-state index contributed by atoms with van der Waals surface area (Å²) in [6, 6.07) is 8.44. The van der Waals surface area contributed by atoms with E-state index in [1.807, 2.05) is 6.92 Å². The van der Waals surface area contributed by atoms with E-state index in [4.69, 9.17) is 9.47 Å². The van der Waals surface area contributed by atoms with Gasteiger partial charge in [-0.25, -0.2) is 0 Å². The van der Waals surface area contributed by atoms with Crippen molar-refractivity contribution in [2.75, 3.05) is 32.8 Å². The number of hydrogen-bond acceptors (Lipinski definition) is 5. The van der Waals surface area contributed by atoms with Crippen LogP contribution in [0.15, 0.2) is 24.3 Å². The number of likely N-dealkylation sites (tertiary alicyclic amines) is 1. The largest absolute Gasteiger partial charge is 0.466 e. The summed E-state index contributed by atoms with van der Waals surface area (Å²) in [4.78, 5) is 14.1. The minimum atomic E-state index is -0.537. The van der Waals surface area contributed by atoms with E-state index in [9.17, 15) is 9.90 Å². The van der Waals surface area contributed by atoms with Crippen LogP contribution in [0, 0.1) is 5.92 Å². The normalized spacial score (nSPS) is 24.7. The minimum Gasteiger partial charge on any atom is -0.466 e. The minimum absolute atomic E-state index is 0.0676. The number of rotatable bonds is 7. The van der Waals surface area contributed by atoms with Crippen LogP contribution in [0.3, 0.4) is 0 Å². The van der Waals surface area contributed by atoms with E-state index in [2.05, 4.69) is 29.2 Å². The highest BCUT2D eigenvalue weighted by Crippen LogP contribution is 2.32. The molecule has 0 spiro atoms. The van der Waals surface area contributed by atoms with Crippen LogP contribution in [-0.2, 0) is 20.7 Å². The molecule has 0 unspecified atom stereocenters. The van der Waals surface area contributed by atoms with Crippen molar-refractivity contribution in [1.29, 1.82) is 0 Å². The maximum atomic E-state index is 11.9. The quantitative estimate of drug-likeness (QED) is 0.757. The number of carbonyl (C=O) groups excluding carboxylic acids is 1. The molecule has 144 valence electrons. The van der Waals surface area contributed by atoms with Crippen LogP contribution in [0.4, 0.5) is 0 Å². The second-order valence-corrected chi connectivity index (χ2v) is 7.42. The molecule has 1 heterocycles. The highest BCUT2D eigenvalue weighted by Gasteiger charge is 2.28. The standard InChI is InChI=1S/C21H31NO4/c1-2-25-21(24)17-9-6-12-22(13-17)14-18(23)15-26-20-11-5-8-16-7-3-4-10-19(16)20/h3-4,7,10,17-18,20,23H,2,5-6,8-9,11-15H2,1H3/t17-,18-,20-/m1/s1.